The van der Waals surface area contributed by atoms with Crippen molar-refractivity contribution in [1.82, 2.24) is 15.8 Å². The zero-order valence-corrected chi connectivity index (χ0v) is 19.4. The van der Waals surface area contributed by atoms with Gasteiger partial charge in [0.05, 0.1) is 5.02 Å². The molecule has 1 saturated heterocycles. The number of nitrogens with one attached hydrogen (secondary N) is 3. The number of halogens is 3. The first-order valence-corrected chi connectivity index (χ1v) is 11.0. The molecule has 0 spiro atoms. The van der Waals surface area contributed by atoms with E-state index in [0.717, 1.165) is 6.07 Å². The SMILES string of the molecule is O=C(COc1ccc(Cl)c(F)c1)NC1CCN(NC(=O)COc2ccc(Cl)c([NH+]([O-])O)c2)CC1. The lowest BCUT2D eigenvalue weighted by molar-refractivity contribution is -0.991. The summed E-state index contributed by atoms with van der Waals surface area (Å²) in [6.07, 6.45) is 1.20. The van der Waals surface area contributed by atoms with Crippen molar-refractivity contribution in [2.75, 3.05) is 26.3 Å². The van der Waals surface area contributed by atoms with Crippen molar-refractivity contribution >= 4 is 40.7 Å². The minimum absolute atomic E-state index is 0.0282. The molecule has 10 nitrogen and oxygen atoms in total. The van der Waals surface area contributed by atoms with Crippen LogP contribution >= 0.6 is 23.2 Å². The van der Waals surface area contributed by atoms with Gasteiger partial charge in [0.25, 0.3) is 11.8 Å². The van der Waals surface area contributed by atoms with Crippen molar-refractivity contribution in [3.63, 3.8) is 0 Å². The lowest BCUT2D eigenvalue weighted by Crippen LogP contribution is -2.99. The Balaban J connectivity index is 1.35. The Morgan fingerprint density at radius 3 is 2.26 bits per heavy atom. The first kappa shape index (κ1) is 25.9. The minimum Gasteiger partial charge on any atom is -0.595 e. The van der Waals surface area contributed by atoms with Crippen LogP contribution in [0.3, 0.4) is 0 Å². The standard InChI is InChI=1S/C21H23Cl2FN4O6/c22-16-3-1-14(9-18(16)24)33-11-20(29)25-13-5-7-27(8-6-13)26-21(30)12-34-15-2-4-17(23)19(10-15)28(31)32/h1-4,9-10,13,28,31H,5-8,11-12H2,(H,25,29)(H,26,30). The number of carbonyl (C=O) groups excluding carboxylic acids is 2. The molecule has 1 heterocycles. The van der Waals surface area contributed by atoms with Crippen LogP contribution in [-0.4, -0.2) is 54.4 Å². The van der Waals surface area contributed by atoms with Gasteiger partial charge in [-0.2, -0.15) is 5.23 Å². The molecule has 1 fully saturated rings. The highest BCUT2D eigenvalue weighted by molar-refractivity contribution is 6.32. The van der Waals surface area contributed by atoms with Gasteiger partial charge in [-0.05, 0) is 37.1 Å². The average Bonchev–Trinajstić information content (AvgIpc) is 2.80. The maximum Gasteiger partial charge on any atom is 0.272 e. The van der Waals surface area contributed by atoms with E-state index in [2.05, 4.69) is 10.7 Å². The summed E-state index contributed by atoms with van der Waals surface area (Å²) in [6.45, 7) is 0.442. The van der Waals surface area contributed by atoms with E-state index in [4.69, 9.17) is 37.9 Å². The van der Waals surface area contributed by atoms with E-state index in [-0.39, 0.29) is 52.4 Å². The second-order valence-electron chi connectivity index (χ2n) is 7.46. The smallest absolute Gasteiger partial charge is 0.272 e. The molecule has 2 amide bonds. The molecule has 0 aliphatic carbocycles. The number of ether oxygens (including phenoxy) is 2. The van der Waals surface area contributed by atoms with Gasteiger partial charge in [0.2, 0.25) is 0 Å². The van der Waals surface area contributed by atoms with Crippen molar-refractivity contribution in [2.45, 2.75) is 18.9 Å². The third-order valence-corrected chi connectivity index (χ3v) is 5.58. The van der Waals surface area contributed by atoms with Crippen molar-refractivity contribution in [3.05, 3.63) is 57.5 Å². The van der Waals surface area contributed by atoms with Crippen LogP contribution in [0, 0.1) is 11.0 Å². The topological polar surface area (TPSA) is 128 Å². The quantitative estimate of drug-likeness (QED) is 0.372. The Kier molecular flexibility index (Phi) is 9.28. The number of quaternary nitrogens is 1. The highest BCUT2D eigenvalue weighted by atomic mass is 35.5. The third kappa shape index (κ3) is 7.69. The predicted octanol–water partition coefficient (Wildman–Crippen LogP) is 1.61. The van der Waals surface area contributed by atoms with E-state index in [9.17, 15) is 19.2 Å². The lowest BCUT2D eigenvalue weighted by Gasteiger charge is -2.32. The van der Waals surface area contributed by atoms with Gasteiger partial charge in [-0.25, -0.2) is 14.6 Å². The van der Waals surface area contributed by atoms with Gasteiger partial charge in [0.15, 0.2) is 18.9 Å². The van der Waals surface area contributed by atoms with Gasteiger partial charge < -0.3 is 20.0 Å². The van der Waals surface area contributed by atoms with E-state index >= 15 is 0 Å². The summed E-state index contributed by atoms with van der Waals surface area (Å²) in [5.41, 5.74) is 2.60. The molecule has 184 valence electrons. The minimum atomic E-state index is -1.19. The second kappa shape index (κ2) is 12.2. The number of nitrogens with zero attached hydrogens (tertiary/aromatic N) is 1. The molecular weight excluding hydrogens is 494 g/mol. The first-order valence-electron chi connectivity index (χ1n) is 10.3. The van der Waals surface area contributed by atoms with E-state index in [1.54, 1.807) is 5.01 Å². The Labute approximate surface area is 204 Å². The van der Waals surface area contributed by atoms with Crippen molar-refractivity contribution in [3.8, 4) is 11.5 Å². The fourth-order valence-electron chi connectivity index (χ4n) is 3.24. The molecule has 1 aliphatic heterocycles. The van der Waals surface area contributed by atoms with E-state index in [1.807, 2.05) is 0 Å². The molecule has 1 atom stereocenters. The largest absolute Gasteiger partial charge is 0.595 e. The molecular formula is C21H23Cl2FN4O6. The van der Waals surface area contributed by atoms with Crippen LogP contribution in [0.2, 0.25) is 10.0 Å². The number of amides is 2. The maximum atomic E-state index is 13.4. The second-order valence-corrected chi connectivity index (χ2v) is 8.28. The molecule has 0 bridgehead atoms. The molecule has 34 heavy (non-hydrogen) atoms. The monoisotopic (exact) mass is 516 g/mol. The summed E-state index contributed by atoms with van der Waals surface area (Å²) in [4.78, 5) is 24.3. The number of carbonyl (C=O) groups is 2. The lowest BCUT2D eigenvalue weighted by atomic mass is 10.1. The predicted molar refractivity (Wildman–Crippen MR) is 121 cm³/mol. The molecule has 0 radical (unpaired) electrons. The van der Waals surface area contributed by atoms with Crippen LogP contribution in [0.4, 0.5) is 10.1 Å². The van der Waals surface area contributed by atoms with Crippen molar-refractivity contribution < 1.29 is 33.9 Å². The van der Waals surface area contributed by atoms with Crippen LogP contribution < -0.4 is 25.4 Å². The fourth-order valence-corrected chi connectivity index (χ4v) is 3.55. The van der Waals surface area contributed by atoms with Crippen LogP contribution in [0.5, 0.6) is 11.5 Å². The maximum absolute atomic E-state index is 13.4. The molecule has 3 rings (SSSR count). The molecule has 2 aromatic carbocycles. The van der Waals surface area contributed by atoms with Gasteiger partial charge in [0.1, 0.15) is 22.3 Å². The van der Waals surface area contributed by atoms with Crippen molar-refractivity contribution in [2.24, 2.45) is 0 Å². The normalized spacial score (nSPS) is 15.4. The summed E-state index contributed by atoms with van der Waals surface area (Å²) in [5, 5.41) is 23.6. The van der Waals surface area contributed by atoms with E-state index in [0.29, 0.717) is 25.9 Å². The molecule has 1 unspecified atom stereocenters. The van der Waals surface area contributed by atoms with Gasteiger partial charge in [-0.1, -0.05) is 23.2 Å². The summed E-state index contributed by atoms with van der Waals surface area (Å²) in [6, 6.07) is 7.95. The number of hydrogen-bond acceptors (Lipinski definition) is 7. The Bertz CT molecular complexity index is 1020. The molecule has 4 N–H and O–H groups in total. The molecule has 0 saturated carbocycles. The zero-order chi connectivity index (χ0) is 24.7. The van der Waals surface area contributed by atoms with Gasteiger partial charge in [0, 0.05) is 31.3 Å². The van der Waals surface area contributed by atoms with Gasteiger partial charge in [-0.3, -0.25) is 15.0 Å². The number of hydrazine groups is 1. The van der Waals surface area contributed by atoms with Crippen LogP contribution in [0.25, 0.3) is 0 Å². The summed E-state index contributed by atoms with van der Waals surface area (Å²) in [5.74, 6) is -0.957. The number of rotatable bonds is 9. The summed E-state index contributed by atoms with van der Waals surface area (Å²) in [7, 11) is 0. The number of hydrogen-bond donors (Lipinski definition) is 4. The molecule has 2 aromatic rings. The highest BCUT2D eigenvalue weighted by Gasteiger charge is 2.22. The third-order valence-electron chi connectivity index (χ3n) is 4.94. The Morgan fingerprint density at radius 2 is 1.65 bits per heavy atom. The molecule has 1 aliphatic rings. The van der Waals surface area contributed by atoms with Gasteiger partial charge in [-0.15, -0.1) is 0 Å². The first-order chi connectivity index (χ1) is 16.2. The summed E-state index contributed by atoms with van der Waals surface area (Å²) < 4.78 is 24.0. The van der Waals surface area contributed by atoms with Gasteiger partial charge >= 0.3 is 0 Å². The molecule has 0 aromatic heterocycles. The zero-order valence-electron chi connectivity index (χ0n) is 17.9. The highest BCUT2D eigenvalue weighted by Crippen LogP contribution is 2.23. The van der Waals surface area contributed by atoms with Crippen LogP contribution in [0.15, 0.2) is 36.4 Å². The van der Waals surface area contributed by atoms with Crippen LogP contribution in [0.1, 0.15) is 12.8 Å². The Morgan fingerprint density at radius 1 is 1.06 bits per heavy atom. The fraction of sp³-hybridized carbons (Fsp3) is 0.333. The number of piperidine rings is 1. The number of benzene rings is 2. The van der Waals surface area contributed by atoms with Crippen LogP contribution in [-0.2, 0) is 9.59 Å². The Hall–Kier alpha value is -2.67. The van der Waals surface area contributed by atoms with Crippen molar-refractivity contribution in [1.29, 1.82) is 0 Å². The van der Waals surface area contributed by atoms with E-state index in [1.165, 1.54) is 30.3 Å². The average molecular weight is 517 g/mol. The summed E-state index contributed by atoms with van der Waals surface area (Å²) >= 11 is 11.4. The van der Waals surface area contributed by atoms with E-state index < -0.39 is 17.0 Å². The molecule has 13 heteroatoms.